The monoisotopic (exact) mass is 400 g/mol. The summed E-state index contributed by atoms with van der Waals surface area (Å²) >= 11 is 0. The van der Waals surface area contributed by atoms with E-state index in [2.05, 4.69) is 33.8 Å². The number of carbonyl (C=O) groups is 1. The summed E-state index contributed by atoms with van der Waals surface area (Å²) in [6.07, 6.45) is 9.85. The Kier molecular flexibility index (Phi) is 6.58. The number of amides is 1. The van der Waals surface area contributed by atoms with Crippen molar-refractivity contribution in [2.75, 3.05) is 42.5 Å². The third kappa shape index (κ3) is 4.68. The highest BCUT2D eigenvalue weighted by Crippen LogP contribution is 2.29. The highest BCUT2D eigenvalue weighted by atomic mass is 16.3. The van der Waals surface area contributed by atoms with Gasteiger partial charge in [0.15, 0.2) is 0 Å². The SMILES string of the molecule is CCN(C(=O)[C@H]1CCCN(c2ccc(N3CCCC3)cn2)C1)[C@H]1CC[C@H](O)CC1. The number of pyridine rings is 1. The molecule has 0 bridgehead atoms. The number of nitrogens with zero attached hydrogens (tertiary/aromatic N) is 4. The smallest absolute Gasteiger partial charge is 0.227 e. The van der Waals surface area contributed by atoms with E-state index in [1.54, 1.807) is 0 Å². The Morgan fingerprint density at radius 1 is 1.07 bits per heavy atom. The molecule has 1 amide bonds. The van der Waals surface area contributed by atoms with Crippen molar-refractivity contribution in [3.8, 4) is 0 Å². The number of aromatic nitrogens is 1. The molecule has 1 N–H and O–H groups in total. The van der Waals surface area contributed by atoms with Crippen LogP contribution in [0, 0.1) is 5.92 Å². The summed E-state index contributed by atoms with van der Waals surface area (Å²) in [6, 6.07) is 4.61. The van der Waals surface area contributed by atoms with Crippen molar-refractivity contribution in [2.24, 2.45) is 5.92 Å². The minimum atomic E-state index is -0.181. The fourth-order valence-electron chi connectivity index (χ4n) is 5.31. The molecule has 2 saturated heterocycles. The topological polar surface area (TPSA) is 59.9 Å². The molecule has 0 spiro atoms. The van der Waals surface area contributed by atoms with E-state index in [9.17, 15) is 9.90 Å². The van der Waals surface area contributed by atoms with Gasteiger partial charge in [-0.2, -0.15) is 0 Å². The van der Waals surface area contributed by atoms with Gasteiger partial charge >= 0.3 is 0 Å². The first-order valence-electron chi connectivity index (χ1n) is 11.6. The first kappa shape index (κ1) is 20.5. The van der Waals surface area contributed by atoms with Crippen molar-refractivity contribution in [1.82, 2.24) is 9.88 Å². The molecule has 6 heteroatoms. The molecule has 1 atom stereocenters. The number of anilines is 2. The van der Waals surface area contributed by atoms with Crippen LogP contribution in [-0.2, 0) is 4.79 Å². The maximum absolute atomic E-state index is 13.3. The van der Waals surface area contributed by atoms with Crippen molar-refractivity contribution >= 4 is 17.4 Å². The molecule has 6 nitrogen and oxygen atoms in total. The Morgan fingerprint density at radius 3 is 2.45 bits per heavy atom. The molecule has 0 radical (unpaired) electrons. The van der Waals surface area contributed by atoms with Gasteiger partial charge < -0.3 is 19.8 Å². The van der Waals surface area contributed by atoms with Gasteiger partial charge in [0.2, 0.25) is 5.91 Å². The van der Waals surface area contributed by atoms with Crippen LogP contribution in [-0.4, -0.2) is 65.8 Å². The third-order valence-electron chi connectivity index (χ3n) is 7.03. The Labute approximate surface area is 174 Å². The van der Waals surface area contributed by atoms with Crippen LogP contribution < -0.4 is 9.80 Å². The Balaban J connectivity index is 1.38. The van der Waals surface area contributed by atoms with E-state index in [0.717, 1.165) is 77.1 Å². The van der Waals surface area contributed by atoms with E-state index in [4.69, 9.17) is 4.98 Å². The molecule has 1 aromatic heterocycles. The number of carbonyl (C=O) groups excluding carboxylic acids is 1. The normalized spacial score (nSPS) is 27.9. The van der Waals surface area contributed by atoms with E-state index >= 15 is 0 Å². The van der Waals surface area contributed by atoms with Gasteiger partial charge in [-0.1, -0.05) is 0 Å². The molecule has 160 valence electrons. The van der Waals surface area contributed by atoms with E-state index in [-0.39, 0.29) is 12.0 Å². The van der Waals surface area contributed by atoms with Gasteiger partial charge in [0, 0.05) is 38.8 Å². The lowest BCUT2D eigenvalue weighted by atomic mass is 9.90. The van der Waals surface area contributed by atoms with E-state index in [0.29, 0.717) is 11.9 Å². The van der Waals surface area contributed by atoms with Crippen LogP contribution in [0.3, 0.4) is 0 Å². The van der Waals surface area contributed by atoms with Gasteiger partial charge in [-0.25, -0.2) is 4.98 Å². The number of hydrogen-bond donors (Lipinski definition) is 1. The molecule has 0 aromatic carbocycles. The zero-order chi connectivity index (χ0) is 20.2. The molecule has 3 fully saturated rings. The molecule has 1 saturated carbocycles. The highest BCUT2D eigenvalue weighted by Gasteiger charge is 2.34. The van der Waals surface area contributed by atoms with Crippen molar-refractivity contribution in [3.63, 3.8) is 0 Å². The molecular weight excluding hydrogens is 364 g/mol. The van der Waals surface area contributed by atoms with Crippen molar-refractivity contribution in [3.05, 3.63) is 18.3 Å². The lowest BCUT2D eigenvalue weighted by Crippen LogP contribution is -2.49. The van der Waals surface area contributed by atoms with Gasteiger partial charge in [-0.05, 0) is 70.4 Å². The fourth-order valence-corrected chi connectivity index (χ4v) is 5.31. The highest BCUT2D eigenvalue weighted by molar-refractivity contribution is 5.80. The molecule has 3 heterocycles. The quantitative estimate of drug-likeness (QED) is 0.823. The second kappa shape index (κ2) is 9.33. The van der Waals surface area contributed by atoms with Crippen LogP contribution >= 0.6 is 0 Å². The second-order valence-electron chi connectivity index (χ2n) is 8.94. The van der Waals surface area contributed by atoms with Gasteiger partial charge in [0.05, 0.1) is 23.9 Å². The summed E-state index contributed by atoms with van der Waals surface area (Å²) in [5.74, 6) is 1.34. The number of hydrogen-bond acceptors (Lipinski definition) is 5. The van der Waals surface area contributed by atoms with Crippen molar-refractivity contribution in [1.29, 1.82) is 0 Å². The lowest BCUT2D eigenvalue weighted by Gasteiger charge is -2.40. The van der Waals surface area contributed by atoms with E-state index < -0.39 is 0 Å². The Hall–Kier alpha value is -1.82. The summed E-state index contributed by atoms with van der Waals surface area (Å²) in [7, 11) is 0. The minimum Gasteiger partial charge on any atom is -0.393 e. The summed E-state index contributed by atoms with van der Waals surface area (Å²) in [5.41, 5.74) is 1.22. The minimum absolute atomic E-state index is 0.0515. The molecule has 2 aliphatic heterocycles. The molecule has 1 aliphatic carbocycles. The Morgan fingerprint density at radius 2 is 1.79 bits per heavy atom. The van der Waals surface area contributed by atoms with Crippen LogP contribution in [0.15, 0.2) is 18.3 Å². The van der Waals surface area contributed by atoms with Gasteiger partial charge in [0.1, 0.15) is 5.82 Å². The van der Waals surface area contributed by atoms with E-state index in [1.807, 2.05) is 6.20 Å². The average molecular weight is 401 g/mol. The van der Waals surface area contributed by atoms with Crippen LogP contribution in [0.5, 0.6) is 0 Å². The summed E-state index contributed by atoms with van der Waals surface area (Å²) in [6.45, 7) is 6.85. The second-order valence-corrected chi connectivity index (χ2v) is 8.94. The molecule has 3 aliphatic rings. The number of aliphatic hydroxyl groups excluding tert-OH is 1. The van der Waals surface area contributed by atoms with Crippen LogP contribution in [0.4, 0.5) is 11.5 Å². The zero-order valence-corrected chi connectivity index (χ0v) is 17.8. The number of aliphatic hydroxyl groups is 1. The average Bonchev–Trinajstić information content (AvgIpc) is 3.31. The predicted molar refractivity (Wildman–Crippen MR) is 116 cm³/mol. The van der Waals surface area contributed by atoms with Gasteiger partial charge in [0.25, 0.3) is 0 Å². The zero-order valence-electron chi connectivity index (χ0n) is 17.8. The van der Waals surface area contributed by atoms with Crippen molar-refractivity contribution in [2.45, 2.75) is 70.4 Å². The fraction of sp³-hybridized carbons (Fsp3) is 0.739. The molecule has 29 heavy (non-hydrogen) atoms. The summed E-state index contributed by atoms with van der Waals surface area (Å²) in [5, 5.41) is 9.80. The third-order valence-corrected chi connectivity index (χ3v) is 7.03. The van der Waals surface area contributed by atoms with Gasteiger partial charge in [-0.3, -0.25) is 4.79 Å². The maximum Gasteiger partial charge on any atom is 0.227 e. The number of piperidine rings is 1. The molecule has 0 unspecified atom stereocenters. The molecule has 4 rings (SSSR count). The van der Waals surface area contributed by atoms with Crippen molar-refractivity contribution < 1.29 is 9.90 Å². The predicted octanol–water partition coefficient (Wildman–Crippen LogP) is 3.05. The standard InChI is InChI=1S/C23H36N4O2/c1-2-27(19-7-10-21(28)11-8-19)23(29)18-6-5-15-26(17-18)22-12-9-20(16-24-22)25-13-3-4-14-25/h9,12,16,18-19,21,28H,2-8,10-11,13-15,17H2,1H3/t18-,19-,21-/m0/s1. The molecular formula is C23H36N4O2. The maximum atomic E-state index is 13.3. The summed E-state index contributed by atoms with van der Waals surface area (Å²) in [4.78, 5) is 24.8. The first-order valence-corrected chi connectivity index (χ1v) is 11.6. The van der Waals surface area contributed by atoms with Crippen LogP contribution in [0.1, 0.15) is 58.3 Å². The van der Waals surface area contributed by atoms with Crippen LogP contribution in [0.2, 0.25) is 0 Å². The largest absolute Gasteiger partial charge is 0.393 e. The van der Waals surface area contributed by atoms with Crippen LogP contribution in [0.25, 0.3) is 0 Å². The van der Waals surface area contributed by atoms with Gasteiger partial charge in [-0.15, -0.1) is 0 Å². The Bertz CT molecular complexity index is 666. The summed E-state index contributed by atoms with van der Waals surface area (Å²) < 4.78 is 0. The first-order chi connectivity index (χ1) is 14.2. The molecule has 1 aromatic rings. The van der Waals surface area contributed by atoms with E-state index in [1.165, 1.54) is 18.5 Å². The number of rotatable bonds is 5. The lowest BCUT2D eigenvalue weighted by molar-refractivity contribution is -0.139.